The highest BCUT2D eigenvalue weighted by atomic mass is 16.4. The average molecular weight is 255 g/mol. The monoisotopic (exact) mass is 255 g/mol. The van der Waals surface area contributed by atoms with Gasteiger partial charge in [-0.1, -0.05) is 0 Å². The maximum Gasteiger partial charge on any atom is 0.324 e. The summed E-state index contributed by atoms with van der Waals surface area (Å²) in [6.45, 7) is 7.71. The fourth-order valence-corrected chi connectivity index (χ4v) is 2.50. The van der Waals surface area contributed by atoms with Crippen LogP contribution in [0.1, 0.15) is 19.8 Å². The summed E-state index contributed by atoms with van der Waals surface area (Å²) in [5.74, 6) is 0.170. The lowest BCUT2D eigenvalue weighted by atomic mass is 10.0. The lowest BCUT2D eigenvalue weighted by Crippen LogP contribution is -2.58. The lowest BCUT2D eigenvalue weighted by Gasteiger charge is -2.38. The molecular formula is C13H25N3O2. The second kappa shape index (κ2) is 5.55. The van der Waals surface area contributed by atoms with Crippen LogP contribution in [0.2, 0.25) is 0 Å². The van der Waals surface area contributed by atoms with Crippen LogP contribution in [0.15, 0.2) is 0 Å². The molecule has 1 heterocycles. The standard InChI is InChI=1S/C13H25N3O2/c1-13(14-2,12(17)18)10-16-7-5-15(6-8-16)9-11-3-4-11/h11,14H,3-10H2,1-2H3,(H,17,18). The summed E-state index contributed by atoms with van der Waals surface area (Å²) in [7, 11) is 1.72. The molecular weight excluding hydrogens is 230 g/mol. The van der Waals surface area contributed by atoms with E-state index < -0.39 is 11.5 Å². The van der Waals surface area contributed by atoms with Crippen molar-refractivity contribution in [3.63, 3.8) is 0 Å². The number of hydrogen-bond donors (Lipinski definition) is 2. The Kier molecular flexibility index (Phi) is 4.25. The molecule has 0 aromatic heterocycles. The molecule has 0 spiro atoms. The number of rotatable bonds is 6. The molecule has 0 aromatic carbocycles. The predicted octanol–water partition coefficient (Wildman–Crippen LogP) is 0.0767. The van der Waals surface area contributed by atoms with Gasteiger partial charge in [0.25, 0.3) is 0 Å². The van der Waals surface area contributed by atoms with Crippen LogP contribution in [0.3, 0.4) is 0 Å². The number of nitrogens with one attached hydrogen (secondary N) is 1. The summed E-state index contributed by atoms with van der Waals surface area (Å²) in [6.07, 6.45) is 2.80. The Hall–Kier alpha value is -0.650. The van der Waals surface area contributed by atoms with Crippen molar-refractivity contribution in [3.8, 4) is 0 Å². The number of carbonyl (C=O) groups is 1. The van der Waals surface area contributed by atoms with E-state index in [9.17, 15) is 9.90 Å². The number of likely N-dealkylation sites (N-methyl/N-ethyl adjacent to an activating group) is 1. The number of carboxylic acids is 1. The van der Waals surface area contributed by atoms with Crippen LogP contribution in [0.25, 0.3) is 0 Å². The third kappa shape index (κ3) is 3.43. The van der Waals surface area contributed by atoms with Crippen LogP contribution in [-0.2, 0) is 4.79 Å². The van der Waals surface area contributed by atoms with Crippen LogP contribution in [0, 0.1) is 5.92 Å². The zero-order chi connectivity index (χ0) is 13.2. The molecule has 2 rings (SSSR count). The van der Waals surface area contributed by atoms with Crippen molar-refractivity contribution in [2.45, 2.75) is 25.3 Å². The van der Waals surface area contributed by atoms with E-state index in [0.717, 1.165) is 32.1 Å². The van der Waals surface area contributed by atoms with E-state index in [-0.39, 0.29) is 0 Å². The van der Waals surface area contributed by atoms with Gasteiger partial charge in [-0.2, -0.15) is 0 Å². The summed E-state index contributed by atoms with van der Waals surface area (Å²) < 4.78 is 0. The zero-order valence-electron chi connectivity index (χ0n) is 11.5. The molecule has 1 unspecified atom stereocenters. The molecule has 5 nitrogen and oxygen atoms in total. The third-order valence-corrected chi connectivity index (χ3v) is 4.24. The fraction of sp³-hybridized carbons (Fsp3) is 0.923. The van der Waals surface area contributed by atoms with Crippen LogP contribution < -0.4 is 5.32 Å². The molecule has 0 amide bonds. The summed E-state index contributed by atoms with van der Waals surface area (Å²) in [4.78, 5) is 16.0. The molecule has 1 saturated carbocycles. The Morgan fingerprint density at radius 3 is 2.28 bits per heavy atom. The van der Waals surface area contributed by atoms with Gasteiger partial charge in [-0.3, -0.25) is 9.69 Å². The molecule has 2 aliphatic rings. The molecule has 104 valence electrons. The second-order valence-electron chi connectivity index (χ2n) is 5.91. The first-order valence-electron chi connectivity index (χ1n) is 6.90. The van der Waals surface area contributed by atoms with Gasteiger partial charge in [0.2, 0.25) is 0 Å². The molecule has 1 aliphatic carbocycles. The molecule has 2 fully saturated rings. The Bertz CT molecular complexity index is 299. The van der Waals surface area contributed by atoms with E-state index >= 15 is 0 Å². The fourth-order valence-electron chi connectivity index (χ4n) is 2.50. The van der Waals surface area contributed by atoms with Crippen LogP contribution in [-0.4, -0.2) is 72.7 Å². The maximum atomic E-state index is 11.2. The molecule has 1 saturated heterocycles. The summed E-state index contributed by atoms with van der Waals surface area (Å²) in [5, 5.41) is 12.2. The van der Waals surface area contributed by atoms with Gasteiger partial charge in [0.05, 0.1) is 0 Å². The third-order valence-electron chi connectivity index (χ3n) is 4.24. The van der Waals surface area contributed by atoms with Gasteiger partial charge in [-0.25, -0.2) is 0 Å². The van der Waals surface area contributed by atoms with Gasteiger partial charge in [0, 0.05) is 39.3 Å². The average Bonchev–Trinajstić information content (AvgIpc) is 3.15. The first-order valence-corrected chi connectivity index (χ1v) is 6.90. The minimum Gasteiger partial charge on any atom is -0.480 e. The van der Waals surface area contributed by atoms with Crippen molar-refractivity contribution in [1.82, 2.24) is 15.1 Å². The van der Waals surface area contributed by atoms with Crippen molar-refractivity contribution in [2.24, 2.45) is 5.92 Å². The van der Waals surface area contributed by atoms with E-state index in [1.54, 1.807) is 14.0 Å². The van der Waals surface area contributed by atoms with Gasteiger partial charge < -0.3 is 15.3 Å². The number of carboxylic acid groups (broad SMARTS) is 1. The maximum absolute atomic E-state index is 11.2. The lowest BCUT2D eigenvalue weighted by molar-refractivity contribution is -0.145. The number of nitrogens with zero attached hydrogens (tertiary/aromatic N) is 2. The summed E-state index contributed by atoms with van der Waals surface area (Å²) in [5.41, 5.74) is -0.835. The van der Waals surface area contributed by atoms with Crippen LogP contribution in [0.4, 0.5) is 0 Å². The van der Waals surface area contributed by atoms with E-state index in [2.05, 4.69) is 15.1 Å². The summed E-state index contributed by atoms with van der Waals surface area (Å²) >= 11 is 0. The van der Waals surface area contributed by atoms with Gasteiger partial charge in [-0.15, -0.1) is 0 Å². The molecule has 18 heavy (non-hydrogen) atoms. The van der Waals surface area contributed by atoms with E-state index in [1.807, 2.05) is 0 Å². The van der Waals surface area contributed by atoms with E-state index in [0.29, 0.717) is 6.54 Å². The molecule has 0 aromatic rings. The molecule has 1 aliphatic heterocycles. The van der Waals surface area contributed by atoms with E-state index in [4.69, 9.17) is 0 Å². The van der Waals surface area contributed by atoms with Gasteiger partial charge in [0.15, 0.2) is 0 Å². The molecule has 0 bridgehead atoms. The largest absolute Gasteiger partial charge is 0.480 e. The first kappa shape index (κ1) is 13.8. The van der Waals surface area contributed by atoms with Crippen molar-refractivity contribution in [1.29, 1.82) is 0 Å². The van der Waals surface area contributed by atoms with Gasteiger partial charge in [0.1, 0.15) is 5.54 Å². The minimum atomic E-state index is -0.835. The van der Waals surface area contributed by atoms with Crippen LogP contribution in [0.5, 0.6) is 0 Å². The van der Waals surface area contributed by atoms with Gasteiger partial charge in [-0.05, 0) is 32.7 Å². The highest BCUT2D eigenvalue weighted by Crippen LogP contribution is 2.29. The number of piperazine rings is 1. The van der Waals surface area contributed by atoms with Gasteiger partial charge >= 0.3 is 5.97 Å². The first-order chi connectivity index (χ1) is 8.53. The smallest absolute Gasteiger partial charge is 0.324 e. The predicted molar refractivity (Wildman–Crippen MR) is 70.7 cm³/mol. The number of hydrogen-bond acceptors (Lipinski definition) is 4. The Morgan fingerprint density at radius 1 is 1.28 bits per heavy atom. The topological polar surface area (TPSA) is 55.8 Å². The van der Waals surface area contributed by atoms with Crippen LogP contribution >= 0.6 is 0 Å². The SMILES string of the molecule is CNC(C)(CN1CCN(CC2CC2)CC1)C(=O)O. The van der Waals surface area contributed by atoms with Crippen molar-refractivity contribution in [3.05, 3.63) is 0 Å². The minimum absolute atomic E-state index is 0.579. The zero-order valence-corrected chi connectivity index (χ0v) is 11.5. The normalized spacial score (nSPS) is 25.9. The molecule has 2 N–H and O–H groups in total. The summed E-state index contributed by atoms with van der Waals surface area (Å²) in [6, 6.07) is 0. The second-order valence-corrected chi connectivity index (χ2v) is 5.91. The molecule has 1 atom stereocenters. The molecule has 5 heteroatoms. The number of aliphatic carboxylic acids is 1. The quantitative estimate of drug-likeness (QED) is 0.704. The van der Waals surface area contributed by atoms with Crippen molar-refractivity contribution >= 4 is 5.97 Å². The Morgan fingerprint density at radius 2 is 1.83 bits per heavy atom. The van der Waals surface area contributed by atoms with Crippen molar-refractivity contribution in [2.75, 3.05) is 46.3 Å². The Labute approximate surface area is 109 Å². The highest BCUT2D eigenvalue weighted by molar-refractivity contribution is 5.78. The van der Waals surface area contributed by atoms with Crippen molar-refractivity contribution < 1.29 is 9.90 Å². The van der Waals surface area contributed by atoms with E-state index in [1.165, 1.54) is 19.4 Å². The Balaban J connectivity index is 1.76. The molecule has 0 radical (unpaired) electrons. The highest BCUT2D eigenvalue weighted by Gasteiger charge is 2.34.